The van der Waals surface area contributed by atoms with Crippen molar-refractivity contribution >= 4 is 15.9 Å². The van der Waals surface area contributed by atoms with Crippen LogP contribution in [0.5, 0.6) is 0 Å². The Morgan fingerprint density at radius 2 is 1.78 bits per heavy atom. The molecule has 0 aliphatic carbocycles. The van der Waals surface area contributed by atoms with Gasteiger partial charge in [-0.3, -0.25) is 5.32 Å². The van der Waals surface area contributed by atoms with Crippen molar-refractivity contribution in [1.29, 1.82) is 0 Å². The number of urea groups is 1. The number of carbonyl (C=O) groups is 1. The molecule has 2 amide bonds. The number of nitrogens with zero attached hydrogens (tertiary/aromatic N) is 1. The Morgan fingerprint density at radius 1 is 1.22 bits per heavy atom. The van der Waals surface area contributed by atoms with Crippen molar-refractivity contribution < 1.29 is 44.9 Å². The summed E-state index contributed by atoms with van der Waals surface area (Å²) in [6, 6.07) is -1.06. The van der Waals surface area contributed by atoms with Gasteiger partial charge in [0, 0.05) is 0 Å². The van der Waals surface area contributed by atoms with Gasteiger partial charge in [-0.1, -0.05) is 0 Å². The number of amides is 2. The van der Waals surface area contributed by atoms with Crippen LogP contribution < -0.4 is 22.3 Å². The van der Waals surface area contributed by atoms with E-state index in [-0.39, 0.29) is 77.4 Å². The standard InChI is InChI=1S/C9H16N2O5S.BrH/c12-3-1-11(2-4-13)8-6-17(15,16)5-7(8)10-9(11)14;/h7-8,12-13H,1-6H2;1H. The van der Waals surface area contributed by atoms with E-state index in [4.69, 9.17) is 10.2 Å². The number of hydrogen-bond acceptors (Lipinski definition) is 5. The number of halogens is 1. The topological polar surface area (TPSA) is 104 Å². The van der Waals surface area contributed by atoms with Crippen molar-refractivity contribution in [3.63, 3.8) is 0 Å². The average Bonchev–Trinajstić information content (AvgIpc) is 2.63. The summed E-state index contributed by atoms with van der Waals surface area (Å²) in [6.07, 6.45) is 0. The number of fused-ring (bicyclic) bond motifs is 1. The van der Waals surface area contributed by atoms with Crippen molar-refractivity contribution in [2.24, 2.45) is 0 Å². The predicted molar refractivity (Wildman–Crippen MR) is 58.9 cm³/mol. The van der Waals surface area contributed by atoms with Crippen molar-refractivity contribution in [3.8, 4) is 0 Å². The maximum Gasteiger partial charge on any atom is 0.417 e. The lowest BCUT2D eigenvalue weighted by Gasteiger charge is -2.33. The lowest BCUT2D eigenvalue weighted by atomic mass is 10.1. The molecule has 2 saturated heterocycles. The monoisotopic (exact) mass is 344 g/mol. The highest BCUT2D eigenvalue weighted by molar-refractivity contribution is 7.91. The van der Waals surface area contributed by atoms with Gasteiger partial charge in [-0.05, 0) is 0 Å². The van der Waals surface area contributed by atoms with E-state index in [1.807, 2.05) is 0 Å². The van der Waals surface area contributed by atoms with Crippen LogP contribution in [0.3, 0.4) is 0 Å². The van der Waals surface area contributed by atoms with Gasteiger partial charge in [0.1, 0.15) is 30.9 Å². The lowest BCUT2D eigenvalue weighted by molar-refractivity contribution is -0.864. The molecule has 0 radical (unpaired) electrons. The summed E-state index contributed by atoms with van der Waals surface area (Å²) in [4.78, 5) is 11.9. The van der Waals surface area contributed by atoms with E-state index in [0.29, 0.717) is 0 Å². The van der Waals surface area contributed by atoms with E-state index in [1.54, 1.807) is 0 Å². The second kappa shape index (κ2) is 5.41. The van der Waals surface area contributed by atoms with Crippen LogP contribution in [-0.2, 0) is 9.84 Å². The third-order valence-corrected chi connectivity index (χ3v) is 5.39. The first-order chi connectivity index (χ1) is 7.95. The van der Waals surface area contributed by atoms with Crippen LogP contribution in [0.2, 0.25) is 0 Å². The zero-order valence-corrected chi connectivity index (χ0v) is 12.2. The van der Waals surface area contributed by atoms with Crippen LogP contribution in [0.1, 0.15) is 0 Å². The molecule has 7 nitrogen and oxygen atoms in total. The minimum Gasteiger partial charge on any atom is -1.00 e. The van der Waals surface area contributed by atoms with Gasteiger partial charge < -0.3 is 27.2 Å². The molecule has 2 fully saturated rings. The van der Waals surface area contributed by atoms with Gasteiger partial charge in [0.2, 0.25) is 0 Å². The zero-order valence-electron chi connectivity index (χ0n) is 9.75. The number of aliphatic hydroxyl groups is 2. The molecule has 0 saturated carbocycles. The zero-order chi connectivity index (χ0) is 12.7. The summed E-state index contributed by atoms with van der Waals surface area (Å²) in [5.74, 6) is -0.101. The fraction of sp³-hybridized carbons (Fsp3) is 0.889. The summed E-state index contributed by atoms with van der Waals surface area (Å²) in [7, 11) is -3.13. The summed E-state index contributed by atoms with van der Waals surface area (Å²) in [6.45, 7) is -0.139. The Kier molecular flexibility index (Phi) is 4.76. The maximum absolute atomic E-state index is 11.9. The number of nitrogens with one attached hydrogen (secondary N) is 1. The molecule has 0 bridgehead atoms. The average molecular weight is 345 g/mol. The van der Waals surface area contributed by atoms with Crippen LogP contribution in [0.4, 0.5) is 4.79 Å². The molecular weight excluding hydrogens is 328 g/mol. The van der Waals surface area contributed by atoms with Gasteiger partial charge in [0.05, 0.1) is 19.0 Å². The minimum absolute atomic E-state index is 0. The highest BCUT2D eigenvalue weighted by atomic mass is 79.9. The third kappa shape index (κ3) is 2.42. The summed E-state index contributed by atoms with van der Waals surface area (Å²) in [5.41, 5.74) is 0. The van der Waals surface area contributed by atoms with Gasteiger partial charge in [0.25, 0.3) is 0 Å². The van der Waals surface area contributed by atoms with Crippen LogP contribution >= 0.6 is 0 Å². The smallest absolute Gasteiger partial charge is 0.417 e. The van der Waals surface area contributed by atoms with Crippen LogP contribution in [0, 0.1) is 0 Å². The van der Waals surface area contributed by atoms with Crippen molar-refractivity contribution in [2.75, 3.05) is 37.8 Å². The number of carbonyl (C=O) groups excluding carboxylic acids is 1. The molecular formula is C9H17BrN2O5S. The number of quaternary nitrogens is 1. The number of hydrogen-bond donors (Lipinski definition) is 3. The number of sulfone groups is 1. The van der Waals surface area contributed by atoms with E-state index in [2.05, 4.69) is 5.32 Å². The molecule has 2 rings (SSSR count). The van der Waals surface area contributed by atoms with E-state index >= 15 is 0 Å². The Bertz CT molecular complexity index is 421. The minimum atomic E-state index is -3.13. The molecule has 0 aromatic rings. The quantitative estimate of drug-likeness (QED) is 0.349. The van der Waals surface area contributed by atoms with Gasteiger partial charge in [-0.15, -0.1) is 0 Å². The lowest BCUT2D eigenvalue weighted by Crippen LogP contribution is -3.00. The van der Waals surface area contributed by atoms with Crippen LogP contribution in [0.25, 0.3) is 0 Å². The normalized spacial score (nSPS) is 31.6. The first-order valence-corrected chi connectivity index (χ1v) is 7.37. The van der Waals surface area contributed by atoms with Crippen molar-refractivity contribution in [2.45, 2.75) is 12.1 Å². The Hall–Kier alpha value is -0.220. The maximum atomic E-state index is 11.9. The largest absolute Gasteiger partial charge is 1.00 e. The highest BCUT2D eigenvalue weighted by Gasteiger charge is 2.60. The first-order valence-electron chi connectivity index (χ1n) is 5.55. The molecule has 2 aliphatic rings. The number of aliphatic hydroxyl groups excluding tert-OH is 2. The molecule has 2 atom stereocenters. The van der Waals surface area contributed by atoms with E-state index < -0.39 is 9.84 Å². The van der Waals surface area contributed by atoms with Gasteiger partial charge in [-0.25, -0.2) is 17.7 Å². The molecule has 2 aliphatic heterocycles. The molecule has 0 aromatic carbocycles. The van der Waals surface area contributed by atoms with Gasteiger partial charge in [0.15, 0.2) is 9.84 Å². The Labute approximate surface area is 116 Å². The Morgan fingerprint density at radius 3 is 2.28 bits per heavy atom. The molecule has 2 heterocycles. The number of rotatable bonds is 4. The summed E-state index contributed by atoms with van der Waals surface area (Å²) < 4.78 is 23.0. The molecule has 0 spiro atoms. The van der Waals surface area contributed by atoms with Crippen molar-refractivity contribution in [1.82, 2.24) is 5.32 Å². The molecule has 2 unspecified atom stereocenters. The fourth-order valence-corrected chi connectivity index (χ4v) is 4.92. The first kappa shape index (κ1) is 15.8. The third-order valence-electron chi connectivity index (χ3n) is 3.67. The molecule has 106 valence electrons. The van der Waals surface area contributed by atoms with Crippen LogP contribution in [0.15, 0.2) is 0 Å². The van der Waals surface area contributed by atoms with E-state index in [0.717, 1.165) is 0 Å². The van der Waals surface area contributed by atoms with E-state index in [1.165, 1.54) is 0 Å². The molecule has 18 heavy (non-hydrogen) atoms. The van der Waals surface area contributed by atoms with Crippen molar-refractivity contribution in [3.05, 3.63) is 0 Å². The molecule has 9 heteroatoms. The molecule has 3 N–H and O–H groups in total. The van der Waals surface area contributed by atoms with Gasteiger partial charge >= 0.3 is 6.03 Å². The predicted octanol–water partition coefficient (Wildman–Crippen LogP) is -5.32. The summed E-state index contributed by atoms with van der Waals surface area (Å²) in [5, 5.41) is 20.8. The Balaban J connectivity index is 0.00000162. The SMILES string of the molecule is O=C1NC2CS(=O)(=O)CC2[N+]1(CCO)CCO.[Br-]. The highest BCUT2D eigenvalue weighted by Crippen LogP contribution is 2.30. The second-order valence-electron chi connectivity index (χ2n) is 4.63. The van der Waals surface area contributed by atoms with E-state index in [9.17, 15) is 13.2 Å². The summed E-state index contributed by atoms with van der Waals surface area (Å²) >= 11 is 0. The van der Waals surface area contributed by atoms with Crippen LogP contribution in [-0.4, -0.2) is 79.0 Å². The van der Waals surface area contributed by atoms with Gasteiger partial charge in [-0.2, -0.15) is 0 Å². The molecule has 0 aromatic heterocycles. The fourth-order valence-electron chi connectivity index (χ4n) is 2.90. The second-order valence-corrected chi connectivity index (χ2v) is 6.78.